The highest BCUT2D eigenvalue weighted by Crippen LogP contribution is 2.36. The van der Waals surface area contributed by atoms with E-state index in [1.807, 2.05) is 6.92 Å². The second-order valence-electron chi connectivity index (χ2n) is 5.03. The van der Waals surface area contributed by atoms with Crippen LogP contribution in [0.4, 0.5) is 0 Å². The van der Waals surface area contributed by atoms with Crippen molar-refractivity contribution in [3.8, 4) is 0 Å². The van der Waals surface area contributed by atoms with E-state index in [1.165, 1.54) is 6.20 Å². The smallest absolute Gasteiger partial charge is 0.214 e. The fourth-order valence-electron chi connectivity index (χ4n) is 2.59. The minimum Gasteiger partial charge on any atom is -0.367 e. The molecular weight excluding hydrogens is 228 g/mol. The summed E-state index contributed by atoms with van der Waals surface area (Å²) in [5.74, 6) is 0.664. The Hall–Kier alpha value is -1.29. The average molecular weight is 248 g/mol. The van der Waals surface area contributed by atoms with Gasteiger partial charge in [0.2, 0.25) is 5.78 Å². The summed E-state index contributed by atoms with van der Waals surface area (Å²) in [4.78, 5) is 20.7. The molecule has 1 aliphatic carbocycles. The van der Waals surface area contributed by atoms with E-state index in [4.69, 9.17) is 4.74 Å². The van der Waals surface area contributed by atoms with Gasteiger partial charge in [0.1, 0.15) is 11.3 Å². The lowest BCUT2D eigenvalue weighted by molar-refractivity contribution is -0.0477. The van der Waals surface area contributed by atoms with Gasteiger partial charge in [0.25, 0.3) is 0 Å². The van der Waals surface area contributed by atoms with Crippen LogP contribution in [-0.4, -0.2) is 28.0 Å². The highest BCUT2D eigenvalue weighted by atomic mass is 16.5. The fraction of sp³-hybridized carbons (Fsp3) is 0.643. The first-order valence-electron chi connectivity index (χ1n) is 6.63. The number of carbonyl (C=O) groups is 1. The van der Waals surface area contributed by atoms with E-state index < -0.39 is 5.60 Å². The summed E-state index contributed by atoms with van der Waals surface area (Å²) in [6, 6.07) is 0. The van der Waals surface area contributed by atoms with Gasteiger partial charge in [0, 0.05) is 19.0 Å². The van der Waals surface area contributed by atoms with E-state index >= 15 is 0 Å². The number of ketones is 1. The molecule has 0 aliphatic heterocycles. The zero-order valence-electron chi connectivity index (χ0n) is 11.1. The van der Waals surface area contributed by atoms with E-state index in [0.717, 1.165) is 25.7 Å². The molecule has 1 aliphatic rings. The molecule has 1 aromatic heterocycles. The highest BCUT2D eigenvalue weighted by molar-refractivity contribution is 6.00. The Morgan fingerprint density at radius 2 is 2.17 bits per heavy atom. The van der Waals surface area contributed by atoms with Crippen LogP contribution in [0.5, 0.6) is 0 Å². The van der Waals surface area contributed by atoms with Crippen LogP contribution in [0.3, 0.4) is 0 Å². The summed E-state index contributed by atoms with van der Waals surface area (Å²) in [6.07, 6.45) is 8.30. The molecule has 4 heteroatoms. The van der Waals surface area contributed by atoms with Gasteiger partial charge in [0.15, 0.2) is 0 Å². The molecule has 0 radical (unpaired) electrons. The Kier molecular flexibility index (Phi) is 4.07. The highest BCUT2D eigenvalue weighted by Gasteiger charge is 2.42. The molecule has 1 saturated carbocycles. The van der Waals surface area contributed by atoms with Crippen LogP contribution >= 0.6 is 0 Å². The topological polar surface area (TPSA) is 52.1 Å². The van der Waals surface area contributed by atoms with Crippen molar-refractivity contribution in [1.29, 1.82) is 0 Å². The zero-order valence-corrected chi connectivity index (χ0v) is 11.1. The predicted octanol–water partition coefficient (Wildman–Crippen LogP) is 2.64. The van der Waals surface area contributed by atoms with Crippen LogP contribution in [-0.2, 0) is 4.74 Å². The van der Waals surface area contributed by atoms with Crippen LogP contribution in [0.25, 0.3) is 0 Å². The van der Waals surface area contributed by atoms with E-state index in [1.54, 1.807) is 12.4 Å². The quantitative estimate of drug-likeness (QED) is 0.769. The van der Waals surface area contributed by atoms with Gasteiger partial charge in [-0.3, -0.25) is 9.78 Å². The van der Waals surface area contributed by atoms with E-state index in [-0.39, 0.29) is 5.78 Å². The third-order valence-corrected chi connectivity index (χ3v) is 3.71. The first-order chi connectivity index (χ1) is 8.68. The maximum atomic E-state index is 12.6. The van der Waals surface area contributed by atoms with Crippen molar-refractivity contribution in [2.45, 2.75) is 45.1 Å². The monoisotopic (exact) mass is 248 g/mol. The van der Waals surface area contributed by atoms with Gasteiger partial charge in [-0.05, 0) is 38.5 Å². The normalized spacial score (nSPS) is 28.0. The first-order valence-corrected chi connectivity index (χ1v) is 6.63. The maximum absolute atomic E-state index is 12.6. The number of hydrogen-bond donors (Lipinski definition) is 0. The molecule has 98 valence electrons. The van der Waals surface area contributed by atoms with Gasteiger partial charge in [-0.1, -0.05) is 6.92 Å². The molecule has 0 bridgehead atoms. The summed E-state index contributed by atoms with van der Waals surface area (Å²) < 4.78 is 5.82. The van der Waals surface area contributed by atoms with Crippen LogP contribution in [0.15, 0.2) is 18.6 Å². The predicted molar refractivity (Wildman–Crippen MR) is 68.4 cm³/mol. The van der Waals surface area contributed by atoms with Crippen molar-refractivity contribution < 1.29 is 9.53 Å². The number of carbonyl (C=O) groups excluding carboxylic acids is 1. The molecular formula is C14H20N2O2. The minimum absolute atomic E-state index is 0.00986. The van der Waals surface area contributed by atoms with Gasteiger partial charge in [-0.2, -0.15) is 0 Å². The Balaban J connectivity index is 2.22. The summed E-state index contributed by atoms with van der Waals surface area (Å²) in [5, 5.41) is 0. The van der Waals surface area contributed by atoms with Crippen molar-refractivity contribution in [1.82, 2.24) is 9.97 Å². The standard InChI is InChI=1S/C14H20N2O2/c1-3-18-14(6-4-11(2)5-7-14)13(17)12-10-15-8-9-16-12/h8-11H,3-7H2,1-2H3. The van der Waals surface area contributed by atoms with Gasteiger partial charge < -0.3 is 4.74 Å². The van der Waals surface area contributed by atoms with Gasteiger partial charge in [0.05, 0.1) is 6.20 Å². The summed E-state index contributed by atoms with van der Waals surface area (Å²) in [7, 11) is 0. The third-order valence-electron chi connectivity index (χ3n) is 3.71. The van der Waals surface area contributed by atoms with Crippen LogP contribution < -0.4 is 0 Å². The molecule has 4 nitrogen and oxygen atoms in total. The number of Topliss-reactive ketones (excluding diaryl/α,β-unsaturated/α-hetero) is 1. The number of rotatable bonds is 4. The van der Waals surface area contributed by atoms with Crippen LogP contribution in [0, 0.1) is 5.92 Å². The Morgan fingerprint density at radius 3 is 2.72 bits per heavy atom. The second kappa shape index (κ2) is 5.57. The number of aromatic nitrogens is 2. The lowest BCUT2D eigenvalue weighted by Gasteiger charge is -2.37. The van der Waals surface area contributed by atoms with Crippen molar-refractivity contribution in [2.75, 3.05) is 6.61 Å². The number of nitrogens with zero attached hydrogens (tertiary/aromatic N) is 2. The van der Waals surface area contributed by atoms with E-state index in [9.17, 15) is 4.79 Å². The van der Waals surface area contributed by atoms with E-state index in [0.29, 0.717) is 18.2 Å². The largest absolute Gasteiger partial charge is 0.367 e. The van der Waals surface area contributed by atoms with Gasteiger partial charge in [-0.15, -0.1) is 0 Å². The first kappa shape index (κ1) is 13.1. The third kappa shape index (κ3) is 2.58. The molecule has 1 heterocycles. The van der Waals surface area contributed by atoms with Crippen molar-refractivity contribution >= 4 is 5.78 Å². The van der Waals surface area contributed by atoms with E-state index in [2.05, 4.69) is 16.9 Å². The molecule has 0 spiro atoms. The molecule has 2 rings (SSSR count). The lowest BCUT2D eigenvalue weighted by Crippen LogP contribution is -2.45. The fourth-order valence-corrected chi connectivity index (χ4v) is 2.59. The Morgan fingerprint density at radius 1 is 1.44 bits per heavy atom. The Bertz CT molecular complexity index is 398. The molecule has 1 fully saturated rings. The second-order valence-corrected chi connectivity index (χ2v) is 5.03. The SMILES string of the molecule is CCOC1(C(=O)c2cnccn2)CCC(C)CC1. The van der Waals surface area contributed by atoms with Crippen molar-refractivity contribution in [3.05, 3.63) is 24.3 Å². The molecule has 0 unspecified atom stereocenters. The molecule has 0 N–H and O–H groups in total. The molecule has 18 heavy (non-hydrogen) atoms. The minimum atomic E-state index is -0.669. The summed E-state index contributed by atoms with van der Waals surface area (Å²) in [6.45, 7) is 4.72. The summed E-state index contributed by atoms with van der Waals surface area (Å²) in [5.41, 5.74) is -0.252. The maximum Gasteiger partial charge on any atom is 0.214 e. The van der Waals surface area contributed by atoms with Gasteiger partial charge >= 0.3 is 0 Å². The Labute approximate surface area is 108 Å². The molecule has 0 aromatic carbocycles. The van der Waals surface area contributed by atoms with Crippen molar-refractivity contribution in [3.63, 3.8) is 0 Å². The molecule has 0 amide bonds. The lowest BCUT2D eigenvalue weighted by atomic mass is 9.76. The molecule has 1 aromatic rings. The van der Waals surface area contributed by atoms with Gasteiger partial charge in [-0.25, -0.2) is 4.98 Å². The number of hydrogen-bond acceptors (Lipinski definition) is 4. The summed E-state index contributed by atoms with van der Waals surface area (Å²) >= 11 is 0. The van der Waals surface area contributed by atoms with Crippen molar-refractivity contribution in [2.24, 2.45) is 5.92 Å². The average Bonchev–Trinajstić information content (AvgIpc) is 2.42. The zero-order chi connectivity index (χ0) is 13.0. The van der Waals surface area contributed by atoms with Crippen LogP contribution in [0.1, 0.15) is 50.0 Å². The van der Waals surface area contributed by atoms with Crippen LogP contribution in [0.2, 0.25) is 0 Å². The number of ether oxygens (including phenoxy) is 1. The molecule has 0 atom stereocenters. The molecule has 0 saturated heterocycles.